The van der Waals surface area contributed by atoms with E-state index in [1.165, 1.54) is 11.8 Å². The molecule has 1 heterocycles. The third-order valence-corrected chi connectivity index (χ3v) is 5.19. The van der Waals surface area contributed by atoms with Gasteiger partial charge in [-0.15, -0.1) is 11.8 Å². The molecule has 1 saturated heterocycles. The number of thioether (sulfide) groups is 1. The zero-order valence-corrected chi connectivity index (χ0v) is 14.5. The normalized spacial score (nSPS) is 15.1. The maximum absolute atomic E-state index is 12.0. The molecule has 1 aromatic rings. The maximum Gasteiger partial charge on any atom is 0.316 e. The van der Waals surface area contributed by atoms with Gasteiger partial charge in [-0.2, -0.15) is 0 Å². The predicted octanol–water partition coefficient (Wildman–Crippen LogP) is 1.35. The minimum Gasteiger partial charge on any atom is -0.455 e. The van der Waals surface area contributed by atoms with E-state index in [9.17, 15) is 14.4 Å². The quantitative estimate of drug-likeness (QED) is 0.618. The first-order valence-electron chi connectivity index (χ1n) is 7.88. The fourth-order valence-corrected chi connectivity index (χ4v) is 3.37. The van der Waals surface area contributed by atoms with Crippen LogP contribution in [0.3, 0.4) is 0 Å². The van der Waals surface area contributed by atoms with Crippen LogP contribution in [-0.2, 0) is 19.1 Å². The molecule has 0 aliphatic carbocycles. The molecular formula is C17H22N2O4S. The van der Waals surface area contributed by atoms with Crippen LogP contribution < -0.4 is 5.73 Å². The van der Waals surface area contributed by atoms with Crippen molar-refractivity contribution in [3.05, 3.63) is 29.8 Å². The minimum absolute atomic E-state index is 0.165. The largest absolute Gasteiger partial charge is 0.455 e. The molecule has 0 bridgehead atoms. The number of benzene rings is 1. The van der Waals surface area contributed by atoms with Gasteiger partial charge in [0.2, 0.25) is 5.91 Å². The van der Waals surface area contributed by atoms with Crippen molar-refractivity contribution in [1.29, 1.82) is 0 Å². The van der Waals surface area contributed by atoms with Crippen LogP contribution in [0, 0.1) is 12.8 Å². The van der Waals surface area contributed by atoms with Crippen molar-refractivity contribution in [1.82, 2.24) is 4.90 Å². The highest BCUT2D eigenvalue weighted by molar-refractivity contribution is 8.00. The Labute approximate surface area is 145 Å². The van der Waals surface area contributed by atoms with Gasteiger partial charge in [-0.25, -0.2) is 0 Å². The monoisotopic (exact) mass is 350 g/mol. The van der Waals surface area contributed by atoms with Gasteiger partial charge in [-0.3, -0.25) is 14.4 Å². The van der Waals surface area contributed by atoms with Crippen molar-refractivity contribution in [2.45, 2.75) is 24.7 Å². The molecule has 130 valence electrons. The van der Waals surface area contributed by atoms with Gasteiger partial charge in [-0.05, 0) is 31.4 Å². The van der Waals surface area contributed by atoms with E-state index >= 15 is 0 Å². The molecule has 0 spiro atoms. The molecule has 2 amide bonds. The summed E-state index contributed by atoms with van der Waals surface area (Å²) in [6.45, 7) is 2.67. The summed E-state index contributed by atoms with van der Waals surface area (Å²) in [6, 6.07) is 7.78. The molecule has 2 N–H and O–H groups in total. The average Bonchev–Trinajstić information content (AvgIpc) is 2.59. The Morgan fingerprint density at radius 1 is 1.25 bits per heavy atom. The topological polar surface area (TPSA) is 89.7 Å². The van der Waals surface area contributed by atoms with Crippen LogP contribution in [0.2, 0.25) is 0 Å². The van der Waals surface area contributed by atoms with Crippen LogP contribution in [0.4, 0.5) is 0 Å². The second kappa shape index (κ2) is 8.73. The first kappa shape index (κ1) is 18.3. The Hall–Kier alpha value is -2.02. The third-order valence-electron chi connectivity index (χ3n) is 4.05. The Kier molecular flexibility index (Phi) is 6.66. The fraction of sp³-hybridized carbons (Fsp3) is 0.471. The van der Waals surface area contributed by atoms with Gasteiger partial charge in [0.15, 0.2) is 6.61 Å². The van der Waals surface area contributed by atoms with Crippen LogP contribution in [0.5, 0.6) is 0 Å². The standard InChI is InChI=1S/C17H22N2O4S/c1-12-4-2-3-5-14(12)24-11-16(21)23-10-15(20)19-8-6-13(7-9-19)17(18)22/h2-5,13H,6-11H2,1H3,(H2,18,22). The molecule has 0 saturated carbocycles. The summed E-state index contributed by atoms with van der Waals surface area (Å²) in [5.74, 6) is -0.957. The van der Waals surface area contributed by atoms with Crippen molar-refractivity contribution in [2.75, 3.05) is 25.4 Å². The van der Waals surface area contributed by atoms with E-state index in [2.05, 4.69) is 0 Å². The molecule has 6 nitrogen and oxygen atoms in total. The molecule has 0 atom stereocenters. The summed E-state index contributed by atoms with van der Waals surface area (Å²) >= 11 is 1.40. The maximum atomic E-state index is 12.0. The number of primary amides is 1. The molecule has 0 aromatic heterocycles. The molecule has 1 fully saturated rings. The van der Waals surface area contributed by atoms with Crippen LogP contribution in [0.15, 0.2) is 29.2 Å². The third kappa shape index (κ3) is 5.26. The number of hydrogen-bond donors (Lipinski definition) is 1. The predicted molar refractivity (Wildman–Crippen MR) is 91.4 cm³/mol. The van der Waals surface area contributed by atoms with Gasteiger partial charge in [0, 0.05) is 23.9 Å². The Bertz CT molecular complexity index is 612. The highest BCUT2D eigenvalue weighted by atomic mass is 32.2. The molecule has 1 aromatic carbocycles. The number of aryl methyl sites for hydroxylation is 1. The van der Waals surface area contributed by atoms with Crippen LogP contribution >= 0.6 is 11.8 Å². The molecule has 2 rings (SSSR count). The zero-order chi connectivity index (χ0) is 17.5. The number of carbonyl (C=O) groups excluding carboxylic acids is 3. The van der Waals surface area contributed by atoms with E-state index in [4.69, 9.17) is 10.5 Å². The molecule has 1 aliphatic heterocycles. The van der Waals surface area contributed by atoms with Crippen molar-refractivity contribution in [2.24, 2.45) is 11.7 Å². The van der Waals surface area contributed by atoms with E-state index in [0.29, 0.717) is 25.9 Å². The van der Waals surface area contributed by atoms with Gasteiger partial charge >= 0.3 is 5.97 Å². The number of piperidine rings is 1. The number of nitrogens with two attached hydrogens (primary N) is 1. The number of carbonyl (C=O) groups is 3. The molecule has 0 radical (unpaired) electrons. The van der Waals surface area contributed by atoms with Crippen LogP contribution in [-0.4, -0.2) is 48.1 Å². The van der Waals surface area contributed by atoms with E-state index in [-0.39, 0.29) is 30.1 Å². The van der Waals surface area contributed by atoms with Gasteiger partial charge in [0.05, 0.1) is 5.75 Å². The molecule has 0 unspecified atom stereocenters. The van der Waals surface area contributed by atoms with Gasteiger partial charge in [0.1, 0.15) is 0 Å². The number of likely N-dealkylation sites (tertiary alicyclic amines) is 1. The highest BCUT2D eigenvalue weighted by Crippen LogP contribution is 2.21. The second-order valence-electron chi connectivity index (χ2n) is 5.77. The Morgan fingerprint density at radius 2 is 1.92 bits per heavy atom. The smallest absolute Gasteiger partial charge is 0.316 e. The molecular weight excluding hydrogens is 328 g/mol. The number of nitrogens with zero attached hydrogens (tertiary/aromatic N) is 1. The van der Waals surface area contributed by atoms with E-state index in [1.54, 1.807) is 4.90 Å². The molecule has 24 heavy (non-hydrogen) atoms. The minimum atomic E-state index is -0.413. The fourth-order valence-electron chi connectivity index (χ4n) is 2.54. The van der Waals surface area contributed by atoms with Crippen LogP contribution in [0.1, 0.15) is 18.4 Å². The number of hydrogen-bond acceptors (Lipinski definition) is 5. The van der Waals surface area contributed by atoms with E-state index in [0.717, 1.165) is 10.5 Å². The summed E-state index contributed by atoms with van der Waals surface area (Å²) in [5, 5.41) is 0. The number of ether oxygens (including phenoxy) is 1. The zero-order valence-electron chi connectivity index (χ0n) is 13.7. The van der Waals surface area contributed by atoms with Gasteiger partial charge < -0.3 is 15.4 Å². The van der Waals surface area contributed by atoms with E-state index < -0.39 is 5.97 Å². The van der Waals surface area contributed by atoms with Gasteiger partial charge in [-0.1, -0.05) is 18.2 Å². The van der Waals surface area contributed by atoms with E-state index in [1.807, 2.05) is 31.2 Å². The summed E-state index contributed by atoms with van der Waals surface area (Å²) in [4.78, 5) is 37.6. The summed E-state index contributed by atoms with van der Waals surface area (Å²) in [5.41, 5.74) is 6.37. The SMILES string of the molecule is Cc1ccccc1SCC(=O)OCC(=O)N1CCC(C(N)=O)CC1. The average molecular weight is 350 g/mol. The number of rotatable bonds is 6. The second-order valence-corrected chi connectivity index (χ2v) is 6.79. The number of amides is 2. The first-order valence-corrected chi connectivity index (χ1v) is 8.87. The summed E-state index contributed by atoms with van der Waals surface area (Å²) in [7, 11) is 0. The highest BCUT2D eigenvalue weighted by Gasteiger charge is 2.26. The summed E-state index contributed by atoms with van der Waals surface area (Å²) in [6.07, 6.45) is 1.14. The molecule has 1 aliphatic rings. The Balaban J connectivity index is 1.69. The van der Waals surface area contributed by atoms with Crippen molar-refractivity contribution >= 4 is 29.5 Å². The van der Waals surface area contributed by atoms with Crippen LogP contribution in [0.25, 0.3) is 0 Å². The number of esters is 1. The summed E-state index contributed by atoms with van der Waals surface area (Å²) < 4.78 is 5.05. The lowest BCUT2D eigenvalue weighted by atomic mass is 9.96. The first-order chi connectivity index (χ1) is 11.5. The lowest BCUT2D eigenvalue weighted by Crippen LogP contribution is -2.43. The van der Waals surface area contributed by atoms with Gasteiger partial charge in [0.25, 0.3) is 5.91 Å². The van der Waals surface area contributed by atoms with Crippen molar-refractivity contribution in [3.63, 3.8) is 0 Å². The lowest BCUT2D eigenvalue weighted by Gasteiger charge is -2.30. The molecule has 7 heteroatoms. The van der Waals surface area contributed by atoms with Crippen molar-refractivity contribution in [3.8, 4) is 0 Å². The van der Waals surface area contributed by atoms with Crippen molar-refractivity contribution < 1.29 is 19.1 Å². The Morgan fingerprint density at radius 3 is 2.54 bits per heavy atom. The lowest BCUT2D eigenvalue weighted by molar-refractivity contribution is -0.150.